The molecule has 1 amide bonds. The number of nitrogens with one attached hydrogen (secondary N) is 1. The minimum atomic E-state index is -4.92. The van der Waals surface area contributed by atoms with Crippen LogP contribution in [0.1, 0.15) is 5.56 Å². The molecule has 1 N–H and O–H groups in total. The van der Waals surface area contributed by atoms with Crippen molar-refractivity contribution in [3.8, 4) is 0 Å². The lowest BCUT2D eigenvalue weighted by molar-refractivity contribution is -0.167. The van der Waals surface area contributed by atoms with E-state index in [1.54, 1.807) is 29.8 Å². The number of nitrogens with zero attached hydrogens (tertiary/aromatic N) is 3. The zero-order valence-corrected chi connectivity index (χ0v) is 9.55. The molecule has 0 aliphatic rings. The standard InChI is InChI=1S/C11H9F3N4O/c12-11(13,14)10(19)16-9-3-6-18(17-9)7-8-1-4-15-5-2-8/h1-6H,7H2,(H,16,17,19). The van der Waals surface area contributed by atoms with Crippen molar-refractivity contribution in [3.05, 3.63) is 42.4 Å². The van der Waals surface area contributed by atoms with Crippen molar-refractivity contribution in [1.82, 2.24) is 14.8 Å². The summed E-state index contributed by atoms with van der Waals surface area (Å²) in [5, 5.41) is 5.50. The lowest BCUT2D eigenvalue weighted by atomic mass is 10.3. The summed E-state index contributed by atoms with van der Waals surface area (Å²) in [6, 6.07) is 4.82. The first kappa shape index (κ1) is 13.1. The molecule has 0 fully saturated rings. The van der Waals surface area contributed by atoms with Crippen LogP contribution in [0.5, 0.6) is 0 Å². The third-order valence-electron chi connectivity index (χ3n) is 2.23. The van der Waals surface area contributed by atoms with Crippen molar-refractivity contribution >= 4 is 11.7 Å². The van der Waals surface area contributed by atoms with Crippen LogP contribution in [0.3, 0.4) is 0 Å². The summed E-state index contributed by atoms with van der Waals surface area (Å²) in [5.74, 6) is -2.18. The molecule has 8 heteroatoms. The smallest absolute Gasteiger partial charge is 0.301 e. The molecular weight excluding hydrogens is 261 g/mol. The molecule has 19 heavy (non-hydrogen) atoms. The van der Waals surface area contributed by atoms with Crippen molar-refractivity contribution in [2.75, 3.05) is 5.32 Å². The average molecular weight is 270 g/mol. The monoisotopic (exact) mass is 270 g/mol. The Labute approximate surface area is 106 Å². The van der Waals surface area contributed by atoms with Gasteiger partial charge in [-0.05, 0) is 17.7 Å². The first-order chi connectivity index (χ1) is 8.95. The SMILES string of the molecule is O=C(Nc1ccn(Cc2ccncc2)n1)C(F)(F)F. The van der Waals surface area contributed by atoms with E-state index in [-0.39, 0.29) is 5.82 Å². The first-order valence-electron chi connectivity index (χ1n) is 5.26. The summed E-state index contributed by atoms with van der Waals surface area (Å²) in [6.45, 7) is 0.379. The van der Waals surface area contributed by atoms with Gasteiger partial charge in [-0.3, -0.25) is 14.5 Å². The second kappa shape index (κ2) is 5.09. The maximum Gasteiger partial charge on any atom is 0.471 e. The third kappa shape index (κ3) is 3.54. The van der Waals surface area contributed by atoms with E-state index in [1.807, 2.05) is 0 Å². The van der Waals surface area contributed by atoms with E-state index in [2.05, 4.69) is 10.1 Å². The molecule has 0 bridgehead atoms. The highest BCUT2D eigenvalue weighted by Gasteiger charge is 2.39. The van der Waals surface area contributed by atoms with E-state index in [4.69, 9.17) is 0 Å². The maximum absolute atomic E-state index is 12.0. The van der Waals surface area contributed by atoms with Gasteiger partial charge in [0.2, 0.25) is 0 Å². The van der Waals surface area contributed by atoms with Crippen molar-refractivity contribution in [2.45, 2.75) is 12.7 Å². The molecule has 0 radical (unpaired) electrons. The van der Waals surface area contributed by atoms with Gasteiger partial charge in [0.1, 0.15) is 0 Å². The Hall–Kier alpha value is -2.38. The zero-order chi connectivity index (χ0) is 13.9. The molecule has 0 saturated heterocycles. The number of amides is 1. The number of carbonyl (C=O) groups excluding carboxylic acids is 1. The number of hydrogen-bond acceptors (Lipinski definition) is 3. The molecule has 2 aromatic rings. The maximum atomic E-state index is 12.0. The molecule has 0 aliphatic carbocycles. The molecule has 0 atom stereocenters. The largest absolute Gasteiger partial charge is 0.471 e. The second-order valence-electron chi connectivity index (χ2n) is 3.71. The van der Waals surface area contributed by atoms with Crippen LogP contribution in [0.25, 0.3) is 0 Å². The van der Waals surface area contributed by atoms with Crippen LogP contribution in [0.15, 0.2) is 36.8 Å². The van der Waals surface area contributed by atoms with Crippen LogP contribution in [0, 0.1) is 0 Å². The summed E-state index contributed by atoms with van der Waals surface area (Å²) in [6.07, 6.45) is -0.238. The third-order valence-corrected chi connectivity index (χ3v) is 2.23. The van der Waals surface area contributed by atoms with E-state index in [9.17, 15) is 18.0 Å². The Morgan fingerprint density at radius 3 is 2.58 bits per heavy atom. The summed E-state index contributed by atoms with van der Waals surface area (Å²) < 4.78 is 37.5. The van der Waals surface area contributed by atoms with Crippen molar-refractivity contribution < 1.29 is 18.0 Å². The second-order valence-corrected chi connectivity index (χ2v) is 3.71. The average Bonchev–Trinajstić information content (AvgIpc) is 2.76. The van der Waals surface area contributed by atoms with Gasteiger partial charge in [0.15, 0.2) is 5.82 Å². The van der Waals surface area contributed by atoms with Crippen LogP contribution in [0.4, 0.5) is 19.0 Å². The van der Waals surface area contributed by atoms with Crippen LogP contribution in [-0.2, 0) is 11.3 Å². The van der Waals surface area contributed by atoms with Gasteiger partial charge in [0.25, 0.3) is 0 Å². The quantitative estimate of drug-likeness (QED) is 0.925. The van der Waals surface area contributed by atoms with E-state index < -0.39 is 12.1 Å². The lowest BCUT2D eigenvalue weighted by Gasteiger charge is -2.05. The predicted molar refractivity (Wildman–Crippen MR) is 60.3 cm³/mol. The van der Waals surface area contributed by atoms with Crippen molar-refractivity contribution in [1.29, 1.82) is 0 Å². The topological polar surface area (TPSA) is 59.8 Å². The van der Waals surface area contributed by atoms with Gasteiger partial charge in [-0.15, -0.1) is 0 Å². The summed E-state index contributed by atoms with van der Waals surface area (Å²) >= 11 is 0. The molecule has 5 nitrogen and oxygen atoms in total. The number of rotatable bonds is 3. The van der Waals surface area contributed by atoms with Crippen LogP contribution >= 0.6 is 0 Å². The Kier molecular flexibility index (Phi) is 3.50. The minimum Gasteiger partial charge on any atom is -0.301 e. The number of pyridine rings is 1. The Balaban J connectivity index is 2.02. The Morgan fingerprint density at radius 2 is 1.95 bits per heavy atom. The number of hydrogen-bond donors (Lipinski definition) is 1. The number of anilines is 1. The molecule has 0 saturated carbocycles. The minimum absolute atomic E-state index is 0.142. The summed E-state index contributed by atoms with van der Waals surface area (Å²) in [7, 11) is 0. The number of carbonyl (C=O) groups is 1. The fourth-order valence-corrected chi connectivity index (χ4v) is 1.38. The fraction of sp³-hybridized carbons (Fsp3) is 0.182. The van der Waals surface area contributed by atoms with E-state index >= 15 is 0 Å². The lowest BCUT2D eigenvalue weighted by Crippen LogP contribution is -2.30. The molecule has 0 aliphatic heterocycles. The van der Waals surface area contributed by atoms with Crippen molar-refractivity contribution in [2.24, 2.45) is 0 Å². The van der Waals surface area contributed by atoms with Gasteiger partial charge in [0, 0.05) is 24.7 Å². The first-order valence-corrected chi connectivity index (χ1v) is 5.26. The molecule has 0 unspecified atom stereocenters. The van der Waals surface area contributed by atoms with Crippen LogP contribution in [-0.4, -0.2) is 26.8 Å². The van der Waals surface area contributed by atoms with E-state index in [0.717, 1.165) is 5.56 Å². The van der Waals surface area contributed by atoms with Gasteiger partial charge in [0.05, 0.1) is 6.54 Å². The van der Waals surface area contributed by atoms with Gasteiger partial charge >= 0.3 is 12.1 Å². The molecule has 2 rings (SSSR count). The zero-order valence-electron chi connectivity index (χ0n) is 9.55. The summed E-state index contributed by atoms with van der Waals surface area (Å²) in [4.78, 5) is 14.6. The van der Waals surface area contributed by atoms with Crippen LogP contribution < -0.4 is 5.32 Å². The normalized spacial score (nSPS) is 11.3. The molecular formula is C11H9F3N4O. The summed E-state index contributed by atoms with van der Waals surface area (Å²) in [5.41, 5.74) is 0.895. The highest BCUT2D eigenvalue weighted by atomic mass is 19.4. The molecule has 100 valence electrons. The van der Waals surface area contributed by atoms with Gasteiger partial charge < -0.3 is 5.32 Å². The Morgan fingerprint density at radius 1 is 1.26 bits per heavy atom. The van der Waals surface area contributed by atoms with Gasteiger partial charge in [-0.25, -0.2) is 0 Å². The van der Waals surface area contributed by atoms with Gasteiger partial charge in [-0.2, -0.15) is 18.3 Å². The highest BCUT2D eigenvalue weighted by Crippen LogP contribution is 2.17. The Bertz CT molecular complexity index is 565. The fourth-order valence-electron chi connectivity index (χ4n) is 1.38. The van der Waals surface area contributed by atoms with E-state index in [1.165, 1.54) is 16.9 Å². The molecule has 0 aromatic carbocycles. The number of aromatic nitrogens is 3. The molecule has 2 aromatic heterocycles. The highest BCUT2D eigenvalue weighted by molar-refractivity contribution is 5.94. The predicted octanol–water partition coefficient (Wildman–Crippen LogP) is 1.83. The molecule has 2 heterocycles. The van der Waals surface area contributed by atoms with Crippen LogP contribution in [0.2, 0.25) is 0 Å². The molecule has 0 spiro atoms. The van der Waals surface area contributed by atoms with Crippen molar-refractivity contribution in [3.63, 3.8) is 0 Å². The van der Waals surface area contributed by atoms with E-state index in [0.29, 0.717) is 6.54 Å². The number of halogens is 3. The van der Waals surface area contributed by atoms with Gasteiger partial charge in [-0.1, -0.05) is 0 Å². The number of alkyl halides is 3.